The van der Waals surface area contributed by atoms with Crippen LogP contribution in [0.5, 0.6) is 0 Å². The number of primary amides is 1. The first-order valence-electron chi connectivity index (χ1n) is 5.50. The van der Waals surface area contributed by atoms with Crippen molar-refractivity contribution in [2.75, 3.05) is 0 Å². The van der Waals surface area contributed by atoms with Gasteiger partial charge in [0.15, 0.2) is 5.58 Å². The molecule has 0 fully saturated rings. The molecule has 18 heavy (non-hydrogen) atoms. The number of oxazole rings is 1. The molecule has 0 radical (unpaired) electrons. The van der Waals surface area contributed by atoms with E-state index in [4.69, 9.17) is 10.2 Å². The number of para-hydroxylation sites is 2. The van der Waals surface area contributed by atoms with E-state index in [1.165, 1.54) is 0 Å². The van der Waals surface area contributed by atoms with Crippen LogP contribution < -0.4 is 5.73 Å². The van der Waals surface area contributed by atoms with Crippen LogP contribution in [0, 0.1) is 0 Å². The number of nitrogens with zero attached hydrogens (tertiary/aromatic N) is 1. The molecule has 0 spiro atoms. The Labute approximate surface area is 103 Å². The van der Waals surface area contributed by atoms with E-state index in [0.29, 0.717) is 11.5 Å². The van der Waals surface area contributed by atoms with Gasteiger partial charge in [0.25, 0.3) is 0 Å². The van der Waals surface area contributed by atoms with Gasteiger partial charge in [-0.3, -0.25) is 4.79 Å². The van der Waals surface area contributed by atoms with E-state index in [9.17, 15) is 4.79 Å². The summed E-state index contributed by atoms with van der Waals surface area (Å²) < 4.78 is 5.63. The minimum atomic E-state index is -0.465. The Hall–Kier alpha value is -2.62. The monoisotopic (exact) mass is 238 g/mol. The highest BCUT2D eigenvalue weighted by atomic mass is 16.3. The van der Waals surface area contributed by atoms with Gasteiger partial charge in [-0.2, -0.15) is 0 Å². The second kappa shape index (κ2) is 4.00. The summed E-state index contributed by atoms with van der Waals surface area (Å²) in [5.74, 6) is 0.0206. The van der Waals surface area contributed by atoms with Crippen molar-refractivity contribution in [3.05, 3.63) is 54.1 Å². The average Bonchev–Trinajstić information content (AvgIpc) is 2.82. The van der Waals surface area contributed by atoms with Crippen molar-refractivity contribution in [2.24, 2.45) is 5.73 Å². The molecule has 0 aliphatic heterocycles. The third kappa shape index (κ3) is 1.73. The quantitative estimate of drug-likeness (QED) is 0.746. The molecule has 0 unspecified atom stereocenters. The molecule has 1 aromatic heterocycles. The fourth-order valence-electron chi connectivity index (χ4n) is 1.80. The predicted octanol–water partition coefficient (Wildman–Crippen LogP) is 2.59. The summed E-state index contributed by atoms with van der Waals surface area (Å²) in [6.45, 7) is 0. The lowest BCUT2D eigenvalue weighted by molar-refractivity contribution is 0.100. The van der Waals surface area contributed by atoms with Crippen molar-refractivity contribution in [2.45, 2.75) is 0 Å². The zero-order valence-electron chi connectivity index (χ0n) is 9.46. The number of carbonyl (C=O) groups is 1. The van der Waals surface area contributed by atoms with Gasteiger partial charge >= 0.3 is 0 Å². The van der Waals surface area contributed by atoms with Crippen LogP contribution in [0.1, 0.15) is 10.4 Å². The third-order valence-electron chi connectivity index (χ3n) is 2.69. The molecule has 0 saturated heterocycles. The summed E-state index contributed by atoms with van der Waals surface area (Å²) in [5.41, 5.74) is 7.93. The molecule has 4 nitrogen and oxygen atoms in total. The Morgan fingerprint density at radius 2 is 1.94 bits per heavy atom. The zero-order valence-corrected chi connectivity index (χ0v) is 9.46. The molecule has 1 amide bonds. The molecule has 0 saturated carbocycles. The van der Waals surface area contributed by atoms with Gasteiger partial charge in [-0.05, 0) is 30.3 Å². The summed E-state index contributed by atoms with van der Waals surface area (Å²) in [6.07, 6.45) is 0. The molecule has 0 aliphatic rings. The van der Waals surface area contributed by atoms with Crippen LogP contribution in [0.25, 0.3) is 22.6 Å². The molecule has 0 atom stereocenters. The maximum absolute atomic E-state index is 11.1. The molecule has 4 heteroatoms. The van der Waals surface area contributed by atoms with Crippen LogP contribution >= 0.6 is 0 Å². The Bertz CT molecular complexity index is 698. The normalized spacial score (nSPS) is 10.7. The highest BCUT2D eigenvalue weighted by molar-refractivity contribution is 5.94. The van der Waals surface area contributed by atoms with E-state index >= 15 is 0 Å². The van der Waals surface area contributed by atoms with Crippen LogP contribution in [0.2, 0.25) is 0 Å². The lowest BCUT2D eigenvalue weighted by Gasteiger charge is -1.98. The van der Waals surface area contributed by atoms with Gasteiger partial charge in [-0.1, -0.05) is 18.2 Å². The van der Waals surface area contributed by atoms with Gasteiger partial charge in [-0.15, -0.1) is 0 Å². The fraction of sp³-hybridized carbons (Fsp3) is 0. The van der Waals surface area contributed by atoms with E-state index in [2.05, 4.69) is 4.98 Å². The molecule has 0 bridgehead atoms. The first kappa shape index (κ1) is 10.5. The van der Waals surface area contributed by atoms with E-state index < -0.39 is 5.91 Å². The van der Waals surface area contributed by atoms with Gasteiger partial charge in [0.05, 0.1) is 0 Å². The molecule has 0 aliphatic carbocycles. The zero-order chi connectivity index (χ0) is 12.5. The van der Waals surface area contributed by atoms with Gasteiger partial charge in [0.2, 0.25) is 11.8 Å². The number of nitrogens with two attached hydrogens (primary N) is 1. The number of hydrogen-bond donors (Lipinski definition) is 1. The highest BCUT2D eigenvalue weighted by Gasteiger charge is 2.09. The largest absolute Gasteiger partial charge is 0.436 e. The number of fused-ring (bicyclic) bond motifs is 1. The predicted molar refractivity (Wildman–Crippen MR) is 68.0 cm³/mol. The molecule has 3 aromatic rings. The summed E-state index contributed by atoms with van der Waals surface area (Å²) in [7, 11) is 0. The molecule has 2 N–H and O–H groups in total. The molecule has 2 aromatic carbocycles. The van der Waals surface area contributed by atoms with Gasteiger partial charge in [0.1, 0.15) is 5.52 Å². The lowest BCUT2D eigenvalue weighted by atomic mass is 10.1. The van der Waals surface area contributed by atoms with Gasteiger partial charge in [-0.25, -0.2) is 4.98 Å². The van der Waals surface area contributed by atoms with Crippen LogP contribution in [0.3, 0.4) is 0 Å². The molecule has 88 valence electrons. The van der Waals surface area contributed by atoms with Gasteiger partial charge in [0, 0.05) is 11.1 Å². The number of carbonyl (C=O) groups excluding carboxylic acids is 1. The van der Waals surface area contributed by atoms with Gasteiger partial charge < -0.3 is 10.2 Å². The molecule has 1 heterocycles. The van der Waals surface area contributed by atoms with E-state index in [0.717, 1.165) is 16.7 Å². The van der Waals surface area contributed by atoms with E-state index in [1.807, 2.05) is 30.3 Å². The van der Waals surface area contributed by atoms with Crippen molar-refractivity contribution in [1.29, 1.82) is 0 Å². The standard InChI is InChI=1S/C14H10N2O2/c15-13(17)9-4-3-5-10(8-9)14-16-11-6-1-2-7-12(11)18-14/h1-8H,(H2,15,17). The Morgan fingerprint density at radius 1 is 1.11 bits per heavy atom. The summed E-state index contributed by atoms with van der Waals surface area (Å²) >= 11 is 0. The number of aromatic nitrogens is 1. The van der Waals surface area contributed by atoms with E-state index in [-0.39, 0.29) is 0 Å². The smallest absolute Gasteiger partial charge is 0.248 e. The van der Waals surface area contributed by atoms with Crippen LogP contribution in [-0.4, -0.2) is 10.9 Å². The topological polar surface area (TPSA) is 69.1 Å². The SMILES string of the molecule is NC(=O)c1cccc(-c2nc3ccccc3o2)c1. The minimum absolute atomic E-state index is 0.440. The number of rotatable bonds is 2. The Kier molecular flexibility index (Phi) is 2.34. The summed E-state index contributed by atoms with van der Waals surface area (Å²) in [4.78, 5) is 15.5. The summed E-state index contributed by atoms with van der Waals surface area (Å²) in [6, 6.07) is 14.4. The van der Waals surface area contributed by atoms with E-state index in [1.54, 1.807) is 18.2 Å². The fourth-order valence-corrected chi connectivity index (χ4v) is 1.80. The van der Waals surface area contributed by atoms with Crippen LogP contribution in [0.4, 0.5) is 0 Å². The summed E-state index contributed by atoms with van der Waals surface area (Å²) in [5, 5.41) is 0. The highest BCUT2D eigenvalue weighted by Crippen LogP contribution is 2.24. The van der Waals surface area contributed by atoms with Crippen molar-refractivity contribution in [3.8, 4) is 11.5 Å². The maximum atomic E-state index is 11.1. The van der Waals surface area contributed by atoms with Crippen molar-refractivity contribution in [1.82, 2.24) is 4.98 Å². The first-order chi connectivity index (χ1) is 8.74. The average molecular weight is 238 g/mol. The lowest BCUT2D eigenvalue weighted by Crippen LogP contribution is -2.10. The minimum Gasteiger partial charge on any atom is -0.436 e. The second-order valence-electron chi connectivity index (χ2n) is 3.93. The third-order valence-corrected chi connectivity index (χ3v) is 2.69. The van der Waals surface area contributed by atoms with Crippen molar-refractivity contribution < 1.29 is 9.21 Å². The molecular weight excluding hydrogens is 228 g/mol. The molecule has 3 rings (SSSR count). The Balaban J connectivity index is 2.13. The Morgan fingerprint density at radius 3 is 2.72 bits per heavy atom. The van der Waals surface area contributed by atoms with Crippen LogP contribution in [-0.2, 0) is 0 Å². The second-order valence-corrected chi connectivity index (χ2v) is 3.93. The van der Waals surface area contributed by atoms with Crippen LogP contribution in [0.15, 0.2) is 52.9 Å². The van der Waals surface area contributed by atoms with Crippen molar-refractivity contribution >= 4 is 17.0 Å². The number of hydrogen-bond acceptors (Lipinski definition) is 3. The first-order valence-corrected chi connectivity index (χ1v) is 5.50. The molecular formula is C14H10N2O2. The van der Waals surface area contributed by atoms with Crippen molar-refractivity contribution in [3.63, 3.8) is 0 Å². The number of benzene rings is 2. The maximum Gasteiger partial charge on any atom is 0.248 e. The number of amides is 1.